The molecule has 1 aromatic heterocycles. The van der Waals surface area contributed by atoms with Gasteiger partial charge in [-0.25, -0.2) is 9.69 Å². The van der Waals surface area contributed by atoms with Crippen LogP contribution in [0, 0.1) is 0 Å². The van der Waals surface area contributed by atoms with Crippen LogP contribution in [0.3, 0.4) is 0 Å². The van der Waals surface area contributed by atoms with Crippen LogP contribution in [0.2, 0.25) is 0 Å². The number of rotatable bonds is 2. The summed E-state index contributed by atoms with van der Waals surface area (Å²) in [7, 11) is 0. The van der Waals surface area contributed by atoms with Crippen molar-refractivity contribution in [3.8, 4) is 0 Å². The molecule has 0 aliphatic rings. The summed E-state index contributed by atoms with van der Waals surface area (Å²) in [5.74, 6) is 0.385. The minimum Gasteiger partial charge on any atom is -0.449 e. The summed E-state index contributed by atoms with van der Waals surface area (Å²) in [6.07, 6.45) is 0.865. The fraction of sp³-hybridized carbons (Fsp3) is 0.286. The number of carbonyl (C=O) groups excluding carboxylic acids is 1. The number of nitrogens with two attached hydrogens (primary N) is 1. The molecule has 0 fully saturated rings. The van der Waals surface area contributed by atoms with Crippen molar-refractivity contribution in [2.24, 2.45) is 5.73 Å². The molecule has 0 aliphatic carbocycles. The van der Waals surface area contributed by atoms with Gasteiger partial charge >= 0.3 is 6.09 Å². The first-order valence-corrected chi connectivity index (χ1v) is 4.33. The van der Waals surface area contributed by atoms with Gasteiger partial charge in [0.15, 0.2) is 5.11 Å². The van der Waals surface area contributed by atoms with Gasteiger partial charge < -0.3 is 10.5 Å². The minimum absolute atomic E-state index is 0.0901. The summed E-state index contributed by atoms with van der Waals surface area (Å²) in [5.41, 5.74) is 5.37. The maximum Gasteiger partial charge on any atom is 0.421 e. The van der Waals surface area contributed by atoms with Gasteiger partial charge in [-0.05, 0) is 19.1 Å². The van der Waals surface area contributed by atoms with E-state index in [2.05, 4.69) is 10.2 Å². The van der Waals surface area contributed by atoms with Gasteiger partial charge in [0.25, 0.3) is 0 Å². The fourth-order valence-electron chi connectivity index (χ4n) is 0.868. The number of H-pyrrole nitrogens is 1. The van der Waals surface area contributed by atoms with E-state index in [-0.39, 0.29) is 11.7 Å². The van der Waals surface area contributed by atoms with Crippen molar-refractivity contribution in [2.45, 2.75) is 6.92 Å². The first kappa shape index (κ1) is 10.5. The summed E-state index contributed by atoms with van der Waals surface area (Å²) in [6.45, 7) is 1.95. The van der Waals surface area contributed by atoms with Crippen molar-refractivity contribution in [1.29, 1.82) is 0 Å². The third-order valence-electron chi connectivity index (χ3n) is 1.40. The van der Waals surface area contributed by atoms with E-state index in [1.165, 1.54) is 6.20 Å². The Bertz CT molecular complexity index is 324. The van der Waals surface area contributed by atoms with Crippen molar-refractivity contribution in [3.63, 3.8) is 0 Å². The molecule has 76 valence electrons. The molecule has 0 atom stereocenters. The highest BCUT2D eigenvalue weighted by Gasteiger charge is 2.20. The van der Waals surface area contributed by atoms with E-state index in [4.69, 9.17) is 22.7 Å². The minimum atomic E-state index is -0.621. The lowest BCUT2D eigenvalue weighted by Crippen LogP contribution is -2.41. The van der Waals surface area contributed by atoms with E-state index in [1.807, 2.05) is 0 Å². The lowest BCUT2D eigenvalue weighted by molar-refractivity contribution is 0.163. The highest BCUT2D eigenvalue weighted by atomic mass is 32.1. The number of nitrogens with zero attached hydrogens (tertiary/aromatic N) is 2. The molecule has 7 heteroatoms. The number of carbonyl (C=O) groups is 1. The molecular formula is C7H10N4O2S. The quantitative estimate of drug-likeness (QED) is 0.705. The van der Waals surface area contributed by atoms with Crippen molar-refractivity contribution < 1.29 is 9.53 Å². The molecule has 1 aromatic rings. The van der Waals surface area contributed by atoms with Gasteiger partial charge in [-0.15, -0.1) is 0 Å². The van der Waals surface area contributed by atoms with Crippen LogP contribution in [-0.2, 0) is 4.74 Å². The third-order valence-corrected chi connectivity index (χ3v) is 1.58. The zero-order chi connectivity index (χ0) is 10.6. The zero-order valence-corrected chi connectivity index (χ0v) is 8.37. The van der Waals surface area contributed by atoms with Gasteiger partial charge in [0.1, 0.15) is 5.82 Å². The number of amides is 1. The fourth-order valence-corrected chi connectivity index (χ4v) is 1.04. The van der Waals surface area contributed by atoms with Gasteiger partial charge in [-0.2, -0.15) is 5.10 Å². The second kappa shape index (κ2) is 4.56. The zero-order valence-electron chi connectivity index (χ0n) is 7.56. The SMILES string of the molecule is CCOC(=O)N(C(N)=S)c1ccn[nH]1. The predicted octanol–water partition coefficient (Wildman–Crippen LogP) is 0.616. The highest BCUT2D eigenvalue weighted by Crippen LogP contribution is 2.09. The molecule has 0 saturated heterocycles. The molecule has 0 radical (unpaired) electrons. The smallest absolute Gasteiger partial charge is 0.421 e. The van der Waals surface area contributed by atoms with Crippen molar-refractivity contribution in [2.75, 3.05) is 11.5 Å². The molecule has 0 aliphatic heterocycles. The van der Waals surface area contributed by atoms with Crippen LogP contribution in [0.1, 0.15) is 6.92 Å². The Labute approximate surface area is 86.0 Å². The molecule has 3 N–H and O–H groups in total. The maximum absolute atomic E-state index is 11.4. The van der Waals surface area contributed by atoms with Crippen LogP contribution in [0.5, 0.6) is 0 Å². The van der Waals surface area contributed by atoms with Gasteiger partial charge in [-0.3, -0.25) is 5.10 Å². The Balaban J connectivity index is 2.85. The lowest BCUT2D eigenvalue weighted by atomic mass is 10.6. The summed E-state index contributed by atoms with van der Waals surface area (Å²) in [6, 6.07) is 1.57. The normalized spacial score (nSPS) is 9.50. The number of hydrogen-bond acceptors (Lipinski definition) is 4. The van der Waals surface area contributed by atoms with E-state index in [1.54, 1.807) is 13.0 Å². The Kier molecular flexibility index (Phi) is 3.41. The number of aromatic amines is 1. The van der Waals surface area contributed by atoms with Crippen LogP contribution in [-0.4, -0.2) is 28.0 Å². The number of ether oxygens (including phenoxy) is 1. The highest BCUT2D eigenvalue weighted by molar-refractivity contribution is 7.80. The molecule has 0 spiro atoms. The van der Waals surface area contributed by atoms with Crippen LogP contribution < -0.4 is 10.6 Å². The molecule has 0 aromatic carbocycles. The van der Waals surface area contributed by atoms with Crippen molar-refractivity contribution in [1.82, 2.24) is 10.2 Å². The average molecular weight is 214 g/mol. The Morgan fingerprint density at radius 3 is 3.00 bits per heavy atom. The molecular weight excluding hydrogens is 204 g/mol. The standard InChI is InChI=1S/C7H10N4O2S/c1-2-13-7(12)11(6(8)14)5-3-4-9-10-5/h3-4H,2H2,1H3,(H2,8,14)(H,9,10). The summed E-state index contributed by atoms with van der Waals surface area (Å²) in [4.78, 5) is 12.4. The Morgan fingerprint density at radius 2 is 2.57 bits per heavy atom. The number of aromatic nitrogens is 2. The van der Waals surface area contributed by atoms with E-state index < -0.39 is 6.09 Å². The summed E-state index contributed by atoms with van der Waals surface area (Å²) in [5, 5.41) is 6.15. The lowest BCUT2D eigenvalue weighted by Gasteiger charge is -2.17. The number of thiocarbonyl (C=S) groups is 1. The van der Waals surface area contributed by atoms with Gasteiger partial charge in [0.05, 0.1) is 12.8 Å². The molecule has 14 heavy (non-hydrogen) atoms. The molecule has 0 saturated carbocycles. The molecule has 6 nitrogen and oxygen atoms in total. The van der Waals surface area contributed by atoms with Gasteiger partial charge in [0, 0.05) is 6.07 Å². The van der Waals surface area contributed by atoms with Gasteiger partial charge in [0.2, 0.25) is 0 Å². The van der Waals surface area contributed by atoms with Crippen molar-refractivity contribution in [3.05, 3.63) is 12.3 Å². The van der Waals surface area contributed by atoms with E-state index in [0.29, 0.717) is 5.82 Å². The second-order valence-electron chi connectivity index (χ2n) is 2.31. The number of hydrogen-bond donors (Lipinski definition) is 2. The second-order valence-corrected chi connectivity index (χ2v) is 2.73. The molecule has 1 heterocycles. The third kappa shape index (κ3) is 2.19. The largest absolute Gasteiger partial charge is 0.449 e. The van der Waals surface area contributed by atoms with E-state index in [9.17, 15) is 4.79 Å². The first-order chi connectivity index (χ1) is 6.66. The van der Waals surface area contributed by atoms with Crippen LogP contribution in [0.4, 0.5) is 10.6 Å². The summed E-state index contributed by atoms with van der Waals surface area (Å²) >= 11 is 4.71. The maximum atomic E-state index is 11.4. The molecule has 0 unspecified atom stereocenters. The average Bonchev–Trinajstić information content (AvgIpc) is 2.57. The van der Waals surface area contributed by atoms with Crippen molar-refractivity contribution >= 4 is 29.2 Å². The number of nitrogens with one attached hydrogen (secondary N) is 1. The van der Waals surface area contributed by atoms with Crippen LogP contribution in [0.15, 0.2) is 12.3 Å². The van der Waals surface area contributed by atoms with E-state index in [0.717, 1.165) is 4.90 Å². The first-order valence-electron chi connectivity index (χ1n) is 3.92. The molecule has 1 amide bonds. The monoisotopic (exact) mass is 214 g/mol. The molecule has 0 bridgehead atoms. The Hall–Kier alpha value is -1.63. The van der Waals surface area contributed by atoms with Crippen LogP contribution >= 0.6 is 12.2 Å². The molecule has 1 rings (SSSR count). The van der Waals surface area contributed by atoms with E-state index >= 15 is 0 Å². The predicted molar refractivity (Wildman–Crippen MR) is 54.9 cm³/mol. The Morgan fingerprint density at radius 1 is 1.86 bits per heavy atom. The number of anilines is 1. The topological polar surface area (TPSA) is 84.2 Å². The summed E-state index contributed by atoms with van der Waals surface area (Å²) < 4.78 is 4.76. The van der Waals surface area contributed by atoms with Gasteiger partial charge in [-0.1, -0.05) is 0 Å². The van der Waals surface area contributed by atoms with Crippen LogP contribution in [0.25, 0.3) is 0 Å².